The SMILES string of the molecule is CC1C(=O)[N-]C(C)(C)Cc2ccccc21.[Rb+]. The minimum atomic E-state index is -0.266. The molecule has 0 aliphatic carbocycles. The number of rotatable bonds is 0. The van der Waals surface area contributed by atoms with E-state index in [1.807, 2.05) is 39.0 Å². The maximum atomic E-state index is 11.8. The maximum Gasteiger partial charge on any atom is 1.00 e. The second kappa shape index (κ2) is 5.43. The van der Waals surface area contributed by atoms with Gasteiger partial charge in [0.05, 0.1) is 5.91 Å². The minimum Gasteiger partial charge on any atom is -0.648 e. The van der Waals surface area contributed by atoms with Gasteiger partial charge in [0.1, 0.15) is 0 Å². The summed E-state index contributed by atoms with van der Waals surface area (Å²) in [6.07, 6.45) is 0.846. The predicted molar refractivity (Wildman–Crippen MR) is 61.0 cm³/mol. The molecule has 1 unspecified atom stereocenters. The van der Waals surface area contributed by atoms with Crippen LogP contribution < -0.4 is 58.2 Å². The number of amides is 1. The third-order valence-electron chi connectivity index (χ3n) is 2.93. The van der Waals surface area contributed by atoms with E-state index in [1.54, 1.807) is 0 Å². The van der Waals surface area contributed by atoms with Crippen LogP contribution in [0.5, 0.6) is 0 Å². The summed E-state index contributed by atoms with van der Waals surface area (Å²) in [4.78, 5) is 11.8. The van der Waals surface area contributed by atoms with Crippen LogP contribution in [0.1, 0.15) is 37.8 Å². The third kappa shape index (κ3) is 3.03. The second-order valence-corrected chi connectivity index (χ2v) is 4.86. The Morgan fingerprint density at radius 2 is 1.94 bits per heavy atom. The molecule has 0 saturated carbocycles. The van der Waals surface area contributed by atoms with Crippen molar-refractivity contribution in [2.45, 2.75) is 38.6 Å². The molecule has 3 heteroatoms. The predicted octanol–water partition coefficient (Wildman–Crippen LogP) is 0.0291. The van der Waals surface area contributed by atoms with E-state index < -0.39 is 0 Å². The van der Waals surface area contributed by atoms with E-state index in [1.165, 1.54) is 5.56 Å². The summed E-state index contributed by atoms with van der Waals surface area (Å²) >= 11 is 0. The summed E-state index contributed by atoms with van der Waals surface area (Å²) in [6, 6.07) is 8.15. The van der Waals surface area contributed by atoms with Crippen molar-refractivity contribution in [3.05, 3.63) is 40.7 Å². The van der Waals surface area contributed by atoms with Gasteiger partial charge < -0.3 is 10.1 Å². The van der Waals surface area contributed by atoms with E-state index >= 15 is 0 Å². The second-order valence-electron chi connectivity index (χ2n) is 4.86. The molecular weight excluding hydrogens is 272 g/mol. The number of hydrogen-bond donors (Lipinski definition) is 0. The van der Waals surface area contributed by atoms with E-state index in [-0.39, 0.29) is 75.6 Å². The van der Waals surface area contributed by atoms with Gasteiger partial charge in [-0.25, -0.2) is 0 Å². The molecule has 0 N–H and O–H groups in total. The molecular formula is C13H16NORb. The molecule has 1 heterocycles. The molecule has 1 aromatic carbocycles. The van der Waals surface area contributed by atoms with Crippen molar-refractivity contribution in [3.8, 4) is 0 Å². The number of benzene rings is 1. The van der Waals surface area contributed by atoms with Gasteiger partial charge in [0.25, 0.3) is 0 Å². The summed E-state index contributed by atoms with van der Waals surface area (Å²) in [6.45, 7) is 5.96. The average molecular weight is 288 g/mol. The molecule has 1 aromatic rings. The first-order chi connectivity index (χ1) is 6.99. The molecule has 1 atom stereocenters. The van der Waals surface area contributed by atoms with E-state index in [0.717, 1.165) is 12.0 Å². The fourth-order valence-electron chi connectivity index (χ4n) is 2.15. The van der Waals surface area contributed by atoms with Crippen LogP contribution in [0.4, 0.5) is 0 Å². The van der Waals surface area contributed by atoms with E-state index in [0.29, 0.717) is 0 Å². The van der Waals surface area contributed by atoms with Gasteiger partial charge in [-0.15, -0.1) is 5.54 Å². The number of nitrogens with zero attached hydrogens (tertiary/aromatic N) is 1. The molecule has 0 spiro atoms. The Hall–Kier alpha value is 0.495. The Morgan fingerprint density at radius 3 is 2.62 bits per heavy atom. The Labute approximate surface area is 146 Å². The molecule has 1 aliphatic heterocycles. The zero-order chi connectivity index (χ0) is 11.1. The van der Waals surface area contributed by atoms with E-state index in [4.69, 9.17) is 0 Å². The van der Waals surface area contributed by atoms with Gasteiger partial charge in [-0.2, -0.15) is 0 Å². The van der Waals surface area contributed by atoms with Crippen LogP contribution in [-0.4, -0.2) is 11.4 Å². The molecule has 0 fully saturated rings. The zero-order valence-corrected chi connectivity index (χ0v) is 15.4. The van der Waals surface area contributed by atoms with Crippen LogP contribution in [-0.2, 0) is 11.2 Å². The Morgan fingerprint density at radius 1 is 1.31 bits per heavy atom. The standard InChI is InChI=1S/C13H17NO.Rb/c1-9-11-7-5-4-6-10(11)8-13(2,3)14-12(9)15;/h4-7,9H,8H2,1-3H3,(H,14,15);/q;+1/p-1. The summed E-state index contributed by atoms with van der Waals surface area (Å²) in [7, 11) is 0. The van der Waals surface area contributed by atoms with Crippen molar-refractivity contribution in [2.24, 2.45) is 0 Å². The van der Waals surface area contributed by atoms with Crippen LogP contribution >= 0.6 is 0 Å². The van der Waals surface area contributed by atoms with Crippen molar-refractivity contribution in [2.75, 3.05) is 0 Å². The van der Waals surface area contributed by atoms with Crippen LogP contribution in [0.2, 0.25) is 0 Å². The van der Waals surface area contributed by atoms with Gasteiger partial charge in [-0.3, -0.25) is 0 Å². The molecule has 2 rings (SSSR count). The number of carbonyl (C=O) groups excluding carboxylic acids is 1. The first-order valence-electron chi connectivity index (χ1n) is 5.34. The van der Waals surface area contributed by atoms with Crippen molar-refractivity contribution >= 4 is 5.91 Å². The van der Waals surface area contributed by atoms with E-state index in [9.17, 15) is 4.79 Å². The molecule has 80 valence electrons. The number of carbonyl (C=O) groups is 1. The van der Waals surface area contributed by atoms with Crippen molar-refractivity contribution in [1.29, 1.82) is 0 Å². The molecule has 0 bridgehead atoms. The third-order valence-corrected chi connectivity index (χ3v) is 2.93. The monoisotopic (exact) mass is 287 g/mol. The summed E-state index contributed by atoms with van der Waals surface area (Å²) in [5, 5.41) is 4.27. The molecule has 16 heavy (non-hydrogen) atoms. The minimum absolute atomic E-state index is 0. The number of fused-ring (bicyclic) bond motifs is 1. The summed E-state index contributed by atoms with van der Waals surface area (Å²) < 4.78 is 0. The Balaban J connectivity index is 0.00000128. The largest absolute Gasteiger partial charge is 1.00 e. The number of hydrogen-bond acceptors (Lipinski definition) is 1. The Bertz CT molecular complexity index is 401. The Kier molecular flexibility index (Phi) is 4.94. The summed E-state index contributed by atoms with van der Waals surface area (Å²) in [5.41, 5.74) is 2.12. The van der Waals surface area contributed by atoms with Gasteiger partial charge in [-0.05, 0) is 17.5 Å². The normalized spacial score (nSPS) is 22.4. The molecule has 0 aromatic heterocycles. The van der Waals surface area contributed by atoms with Gasteiger partial charge in [0.15, 0.2) is 0 Å². The van der Waals surface area contributed by atoms with Gasteiger partial charge >= 0.3 is 58.2 Å². The summed E-state index contributed by atoms with van der Waals surface area (Å²) in [5.74, 6) is -0.0899. The maximum absolute atomic E-state index is 11.8. The molecule has 2 nitrogen and oxygen atoms in total. The van der Waals surface area contributed by atoms with E-state index in [2.05, 4.69) is 11.4 Å². The zero-order valence-electron chi connectivity index (χ0n) is 10.4. The van der Waals surface area contributed by atoms with Crippen LogP contribution in [0.15, 0.2) is 24.3 Å². The first kappa shape index (κ1) is 14.6. The molecule has 1 aliphatic rings. The quantitative estimate of drug-likeness (QED) is 0.662. The fraction of sp³-hybridized carbons (Fsp3) is 0.462. The van der Waals surface area contributed by atoms with Gasteiger partial charge in [-0.1, -0.05) is 45.0 Å². The topological polar surface area (TPSA) is 31.2 Å². The van der Waals surface area contributed by atoms with Crippen molar-refractivity contribution in [3.63, 3.8) is 0 Å². The average Bonchev–Trinajstić information content (AvgIpc) is 2.23. The van der Waals surface area contributed by atoms with Crippen LogP contribution in [0, 0.1) is 0 Å². The smallest absolute Gasteiger partial charge is 0.648 e. The van der Waals surface area contributed by atoms with Gasteiger partial charge in [0, 0.05) is 5.92 Å². The van der Waals surface area contributed by atoms with Crippen molar-refractivity contribution < 1.29 is 63.0 Å². The fourth-order valence-corrected chi connectivity index (χ4v) is 2.15. The first-order valence-corrected chi connectivity index (χ1v) is 5.34. The van der Waals surface area contributed by atoms with Crippen LogP contribution in [0.3, 0.4) is 0 Å². The van der Waals surface area contributed by atoms with Crippen molar-refractivity contribution in [1.82, 2.24) is 0 Å². The van der Waals surface area contributed by atoms with Crippen LogP contribution in [0.25, 0.3) is 5.32 Å². The molecule has 0 saturated heterocycles. The van der Waals surface area contributed by atoms with Gasteiger partial charge in [0.2, 0.25) is 0 Å². The molecule has 0 radical (unpaired) electrons. The molecule has 1 amide bonds.